The molecule has 2 amide bonds. The number of nitrogens with one attached hydrogen (secondary N) is 1. The van der Waals surface area contributed by atoms with Gasteiger partial charge in [-0.1, -0.05) is 90.9 Å². The summed E-state index contributed by atoms with van der Waals surface area (Å²) >= 11 is 25.3. The van der Waals surface area contributed by atoms with Crippen LogP contribution < -0.4 is 9.62 Å². The summed E-state index contributed by atoms with van der Waals surface area (Å²) in [4.78, 5) is 28.7. The number of rotatable bonds is 13. The SMILES string of the molecule is CCCCNC(=O)C(CC)N(Cc1c(Cl)cccc1Cl)C(=O)CN(c1cc(Cl)cc(Cl)c1)S(=O)(=O)c1ccccc1. The summed E-state index contributed by atoms with van der Waals surface area (Å²) in [5.74, 6) is -1.00. The molecule has 3 rings (SSSR count). The van der Waals surface area contributed by atoms with Crippen LogP contribution in [0, 0.1) is 0 Å². The number of anilines is 1. The molecule has 1 atom stereocenters. The van der Waals surface area contributed by atoms with Gasteiger partial charge in [-0.2, -0.15) is 0 Å². The zero-order valence-corrected chi connectivity index (χ0v) is 26.5. The molecule has 220 valence electrons. The molecule has 1 N–H and O–H groups in total. The van der Waals surface area contributed by atoms with Crippen LogP contribution in [-0.4, -0.2) is 44.3 Å². The maximum atomic E-state index is 14.1. The van der Waals surface area contributed by atoms with Gasteiger partial charge in [0.15, 0.2) is 0 Å². The molecule has 0 heterocycles. The first-order valence-corrected chi connectivity index (χ1v) is 16.0. The first-order valence-electron chi connectivity index (χ1n) is 13.0. The second-order valence-electron chi connectivity index (χ2n) is 9.24. The van der Waals surface area contributed by atoms with E-state index in [1.54, 1.807) is 43.3 Å². The van der Waals surface area contributed by atoms with E-state index in [1.165, 1.54) is 35.2 Å². The van der Waals surface area contributed by atoms with Crippen LogP contribution in [-0.2, 0) is 26.2 Å². The van der Waals surface area contributed by atoms with Crippen LogP contribution in [0.4, 0.5) is 5.69 Å². The minimum Gasteiger partial charge on any atom is -0.354 e. The fraction of sp³-hybridized carbons (Fsp3) is 0.310. The molecular weight excluding hydrogens is 628 g/mol. The molecule has 0 aliphatic rings. The number of hydrogen-bond acceptors (Lipinski definition) is 4. The molecule has 3 aromatic carbocycles. The first-order chi connectivity index (χ1) is 19.5. The van der Waals surface area contributed by atoms with Gasteiger partial charge < -0.3 is 10.2 Å². The Morgan fingerprint density at radius 1 is 0.878 bits per heavy atom. The molecule has 0 spiro atoms. The number of hydrogen-bond donors (Lipinski definition) is 1. The predicted octanol–water partition coefficient (Wildman–Crippen LogP) is 7.22. The molecule has 7 nitrogen and oxygen atoms in total. The molecule has 12 heteroatoms. The van der Waals surface area contributed by atoms with Gasteiger partial charge in [0.1, 0.15) is 12.6 Å². The number of sulfonamides is 1. The molecule has 0 radical (unpaired) electrons. The smallest absolute Gasteiger partial charge is 0.264 e. The molecule has 0 saturated heterocycles. The Bertz CT molecular complexity index is 1430. The van der Waals surface area contributed by atoms with Gasteiger partial charge >= 0.3 is 0 Å². The van der Waals surface area contributed by atoms with Crippen LogP contribution in [0.5, 0.6) is 0 Å². The van der Waals surface area contributed by atoms with E-state index in [1.807, 2.05) is 6.92 Å². The van der Waals surface area contributed by atoms with Crippen molar-refractivity contribution in [1.82, 2.24) is 10.2 Å². The molecule has 0 aliphatic heterocycles. The molecule has 0 fully saturated rings. The zero-order valence-electron chi connectivity index (χ0n) is 22.6. The Kier molecular flexibility index (Phi) is 12.2. The summed E-state index contributed by atoms with van der Waals surface area (Å²) in [6.07, 6.45) is 1.91. The van der Waals surface area contributed by atoms with Crippen molar-refractivity contribution < 1.29 is 18.0 Å². The lowest BCUT2D eigenvalue weighted by molar-refractivity contribution is -0.140. The second kappa shape index (κ2) is 15.1. The van der Waals surface area contributed by atoms with Crippen molar-refractivity contribution in [3.63, 3.8) is 0 Å². The molecule has 41 heavy (non-hydrogen) atoms. The summed E-state index contributed by atoms with van der Waals surface area (Å²) in [5, 5.41) is 3.88. The quantitative estimate of drug-likeness (QED) is 0.197. The molecule has 1 unspecified atom stereocenters. The van der Waals surface area contributed by atoms with Crippen LogP contribution in [0.2, 0.25) is 20.1 Å². The van der Waals surface area contributed by atoms with E-state index in [9.17, 15) is 18.0 Å². The van der Waals surface area contributed by atoms with E-state index in [4.69, 9.17) is 46.4 Å². The fourth-order valence-corrected chi connectivity index (χ4v) is 6.66. The minimum absolute atomic E-state index is 0.0334. The maximum Gasteiger partial charge on any atom is 0.264 e. The lowest BCUT2D eigenvalue weighted by Gasteiger charge is -2.33. The minimum atomic E-state index is -4.26. The lowest BCUT2D eigenvalue weighted by Crippen LogP contribution is -2.52. The zero-order chi connectivity index (χ0) is 30.2. The van der Waals surface area contributed by atoms with Crippen molar-refractivity contribution in [3.05, 3.63) is 92.4 Å². The Morgan fingerprint density at radius 2 is 1.49 bits per heavy atom. The van der Waals surface area contributed by atoms with Crippen LogP contribution in [0.3, 0.4) is 0 Å². The Hall–Kier alpha value is -2.49. The van der Waals surface area contributed by atoms with Crippen molar-refractivity contribution in [2.75, 3.05) is 17.4 Å². The van der Waals surface area contributed by atoms with Crippen LogP contribution in [0.1, 0.15) is 38.7 Å². The largest absolute Gasteiger partial charge is 0.354 e. The molecule has 0 aromatic heterocycles. The van der Waals surface area contributed by atoms with Gasteiger partial charge in [-0.25, -0.2) is 8.42 Å². The highest BCUT2D eigenvalue weighted by molar-refractivity contribution is 7.92. The summed E-state index contributed by atoms with van der Waals surface area (Å²) in [6, 6.07) is 16.0. The average molecular weight is 659 g/mol. The maximum absolute atomic E-state index is 14.1. The van der Waals surface area contributed by atoms with Gasteiger partial charge in [0.2, 0.25) is 11.8 Å². The number of carbonyl (C=O) groups is 2. The Morgan fingerprint density at radius 3 is 2.05 bits per heavy atom. The summed E-state index contributed by atoms with van der Waals surface area (Å²) in [5.41, 5.74) is 0.531. The molecule has 0 saturated carbocycles. The van der Waals surface area contributed by atoms with Crippen molar-refractivity contribution in [1.29, 1.82) is 0 Å². The highest BCUT2D eigenvalue weighted by Gasteiger charge is 2.34. The van der Waals surface area contributed by atoms with Crippen LogP contribution in [0.15, 0.2) is 71.6 Å². The monoisotopic (exact) mass is 657 g/mol. The summed E-state index contributed by atoms with van der Waals surface area (Å²) < 4.78 is 28.7. The van der Waals surface area contributed by atoms with Gasteiger partial charge in [0.25, 0.3) is 10.0 Å². The average Bonchev–Trinajstić information content (AvgIpc) is 2.93. The van der Waals surface area contributed by atoms with Gasteiger partial charge in [-0.15, -0.1) is 0 Å². The molecule has 0 aliphatic carbocycles. The van der Waals surface area contributed by atoms with E-state index in [2.05, 4.69) is 5.32 Å². The van der Waals surface area contributed by atoms with Crippen molar-refractivity contribution >= 4 is 73.9 Å². The number of benzene rings is 3. The van der Waals surface area contributed by atoms with Crippen LogP contribution in [0.25, 0.3) is 0 Å². The highest BCUT2D eigenvalue weighted by Crippen LogP contribution is 2.31. The third-order valence-electron chi connectivity index (χ3n) is 6.35. The van der Waals surface area contributed by atoms with Crippen molar-refractivity contribution in [2.45, 2.75) is 50.6 Å². The fourth-order valence-electron chi connectivity index (χ4n) is 4.21. The lowest BCUT2D eigenvalue weighted by atomic mass is 10.1. The van der Waals surface area contributed by atoms with Gasteiger partial charge in [0, 0.05) is 38.7 Å². The van der Waals surface area contributed by atoms with Crippen molar-refractivity contribution in [3.8, 4) is 0 Å². The number of carbonyl (C=O) groups excluding carboxylic acids is 2. The van der Waals surface area contributed by atoms with Gasteiger partial charge in [-0.05, 0) is 55.3 Å². The standard InChI is InChI=1S/C29H31Cl4N3O4S/c1-3-5-14-34-29(38)27(4-2)35(18-24-25(32)12-9-13-26(24)33)28(37)19-36(22-16-20(30)15-21(31)17-22)41(39,40)23-10-7-6-8-11-23/h6-13,15-17,27H,3-5,14,18-19H2,1-2H3,(H,34,38). The van der Waals surface area contributed by atoms with E-state index < -0.39 is 28.5 Å². The highest BCUT2D eigenvalue weighted by atomic mass is 35.5. The van der Waals surface area contributed by atoms with E-state index in [0.29, 0.717) is 22.2 Å². The third-order valence-corrected chi connectivity index (χ3v) is 9.28. The van der Waals surface area contributed by atoms with Gasteiger partial charge in [0.05, 0.1) is 10.6 Å². The first kappa shape index (κ1) is 33.0. The van der Waals surface area contributed by atoms with Crippen molar-refractivity contribution in [2.24, 2.45) is 0 Å². The normalized spacial score (nSPS) is 12.0. The molecule has 3 aromatic rings. The molecular formula is C29H31Cl4N3O4S. The number of halogens is 4. The summed E-state index contributed by atoms with van der Waals surface area (Å²) in [6.45, 7) is 3.45. The number of amides is 2. The topological polar surface area (TPSA) is 86.8 Å². The number of unbranched alkanes of at least 4 members (excludes halogenated alkanes) is 1. The molecule has 0 bridgehead atoms. The Balaban J connectivity index is 2.10. The van der Waals surface area contributed by atoms with Crippen LogP contribution >= 0.6 is 46.4 Å². The van der Waals surface area contributed by atoms with E-state index >= 15 is 0 Å². The summed E-state index contributed by atoms with van der Waals surface area (Å²) in [7, 11) is -4.26. The van der Waals surface area contributed by atoms with E-state index in [0.717, 1.165) is 17.1 Å². The third kappa shape index (κ3) is 8.52. The predicted molar refractivity (Wildman–Crippen MR) is 166 cm³/mol. The second-order valence-corrected chi connectivity index (χ2v) is 12.8. The van der Waals surface area contributed by atoms with E-state index in [-0.39, 0.29) is 39.5 Å². The Labute approximate surface area is 261 Å². The number of nitrogens with zero attached hydrogens (tertiary/aromatic N) is 2. The van der Waals surface area contributed by atoms with Gasteiger partial charge in [-0.3, -0.25) is 13.9 Å².